The van der Waals surface area contributed by atoms with Gasteiger partial charge in [-0.3, -0.25) is 0 Å². The first kappa shape index (κ1) is 16.0. The number of nitrogens with zero attached hydrogens (tertiary/aromatic N) is 4. The number of hydrogen-bond acceptors (Lipinski definition) is 4. The first-order valence-electron chi connectivity index (χ1n) is 8.91. The third-order valence-corrected chi connectivity index (χ3v) is 4.88. The molecule has 4 rings (SSSR count). The topological polar surface area (TPSA) is 32.3 Å². The average molecular weight is 332 g/mol. The van der Waals surface area contributed by atoms with E-state index >= 15 is 0 Å². The van der Waals surface area contributed by atoms with E-state index in [2.05, 4.69) is 71.3 Å². The zero-order valence-electron chi connectivity index (χ0n) is 14.9. The molecule has 0 radical (unpaired) electrons. The molecule has 2 aromatic carbocycles. The lowest BCUT2D eigenvalue weighted by Gasteiger charge is -2.18. The van der Waals surface area contributed by atoms with Crippen LogP contribution in [0.4, 0.5) is 5.95 Å². The van der Waals surface area contributed by atoms with Crippen LogP contribution in [0.2, 0.25) is 0 Å². The van der Waals surface area contributed by atoms with Gasteiger partial charge in [-0.05, 0) is 49.3 Å². The monoisotopic (exact) mass is 332 g/mol. The van der Waals surface area contributed by atoms with Gasteiger partial charge >= 0.3 is 0 Å². The lowest BCUT2D eigenvalue weighted by molar-refractivity contribution is 0.340. The minimum absolute atomic E-state index is 0.697. The Balaban J connectivity index is 1.59. The molecule has 1 aliphatic heterocycles. The minimum Gasteiger partial charge on any atom is -0.340 e. The summed E-state index contributed by atoms with van der Waals surface area (Å²) in [6.45, 7) is 3.21. The molecule has 1 aromatic heterocycles. The molecule has 1 unspecified atom stereocenters. The van der Waals surface area contributed by atoms with E-state index in [0.717, 1.165) is 36.8 Å². The molecule has 1 aliphatic rings. The zero-order valence-corrected chi connectivity index (χ0v) is 14.9. The van der Waals surface area contributed by atoms with Crippen molar-refractivity contribution in [2.24, 2.45) is 5.92 Å². The Morgan fingerprint density at radius 3 is 2.76 bits per heavy atom. The normalized spacial score (nSPS) is 17.6. The van der Waals surface area contributed by atoms with Gasteiger partial charge in [-0.2, -0.15) is 0 Å². The quantitative estimate of drug-likeness (QED) is 0.729. The molecule has 128 valence electrons. The second-order valence-corrected chi connectivity index (χ2v) is 7.17. The van der Waals surface area contributed by atoms with E-state index in [4.69, 9.17) is 4.98 Å². The number of anilines is 1. The predicted molar refractivity (Wildman–Crippen MR) is 104 cm³/mol. The summed E-state index contributed by atoms with van der Waals surface area (Å²) in [6.07, 6.45) is 3.09. The summed E-state index contributed by atoms with van der Waals surface area (Å²) in [5.74, 6) is 1.55. The summed E-state index contributed by atoms with van der Waals surface area (Å²) in [7, 11) is 4.28. The van der Waals surface area contributed by atoms with Crippen molar-refractivity contribution in [3.05, 3.63) is 54.7 Å². The van der Waals surface area contributed by atoms with Gasteiger partial charge in [-0.1, -0.05) is 36.4 Å². The fourth-order valence-electron chi connectivity index (χ4n) is 3.69. The molecule has 0 spiro atoms. The second kappa shape index (κ2) is 6.81. The average Bonchev–Trinajstić information content (AvgIpc) is 3.09. The molecule has 3 aromatic rings. The van der Waals surface area contributed by atoms with Crippen molar-refractivity contribution >= 4 is 16.7 Å². The highest BCUT2D eigenvalue weighted by Gasteiger charge is 2.24. The van der Waals surface area contributed by atoms with E-state index in [-0.39, 0.29) is 0 Å². The molecule has 0 N–H and O–H groups in total. The summed E-state index contributed by atoms with van der Waals surface area (Å²) in [6, 6.07) is 17.0. The standard InChI is InChI=1S/C21H24N4/c1-24(2)14-16-10-12-25(15-16)21-22-11-9-20(23-21)19-8-7-17-5-3-4-6-18(17)13-19/h3-9,11,13,16H,10,12,14-15H2,1-2H3. The third-order valence-electron chi connectivity index (χ3n) is 4.88. The number of rotatable bonds is 4. The van der Waals surface area contributed by atoms with Crippen LogP contribution in [0.5, 0.6) is 0 Å². The Kier molecular flexibility index (Phi) is 4.36. The lowest BCUT2D eigenvalue weighted by Crippen LogP contribution is -2.26. The third kappa shape index (κ3) is 3.49. The first-order chi connectivity index (χ1) is 12.2. The number of benzene rings is 2. The Bertz CT molecular complexity index is 874. The lowest BCUT2D eigenvalue weighted by atomic mass is 10.1. The van der Waals surface area contributed by atoms with E-state index < -0.39 is 0 Å². The maximum Gasteiger partial charge on any atom is 0.225 e. The maximum atomic E-state index is 4.85. The van der Waals surface area contributed by atoms with Gasteiger partial charge < -0.3 is 9.80 Å². The molecule has 1 saturated heterocycles. The number of hydrogen-bond donors (Lipinski definition) is 0. The van der Waals surface area contributed by atoms with Gasteiger partial charge in [-0.15, -0.1) is 0 Å². The molecule has 0 saturated carbocycles. The fourth-order valence-corrected chi connectivity index (χ4v) is 3.69. The molecule has 1 atom stereocenters. The Morgan fingerprint density at radius 2 is 1.92 bits per heavy atom. The molecule has 2 heterocycles. The van der Waals surface area contributed by atoms with Crippen molar-refractivity contribution in [2.45, 2.75) is 6.42 Å². The van der Waals surface area contributed by atoms with Gasteiger partial charge in [0.2, 0.25) is 5.95 Å². The van der Waals surface area contributed by atoms with Crippen molar-refractivity contribution < 1.29 is 0 Å². The van der Waals surface area contributed by atoms with Gasteiger partial charge in [-0.25, -0.2) is 9.97 Å². The number of aromatic nitrogens is 2. The largest absolute Gasteiger partial charge is 0.340 e. The van der Waals surface area contributed by atoms with Gasteiger partial charge in [0.15, 0.2) is 0 Å². The highest BCUT2D eigenvalue weighted by Crippen LogP contribution is 2.26. The Labute approximate surface area is 149 Å². The van der Waals surface area contributed by atoms with Crippen LogP contribution < -0.4 is 4.90 Å². The molecule has 0 bridgehead atoms. The molecule has 25 heavy (non-hydrogen) atoms. The van der Waals surface area contributed by atoms with E-state index in [9.17, 15) is 0 Å². The SMILES string of the molecule is CN(C)CC1CCN(c2nccc(-c3ccc4ccccc4c3)n2)C1. The van der Waals surface area contributed by atoms with Crippen LogP contribution in [0.15, 0.2) is 54.7 Å². The van der Waals surface area contributed by atoms with Crippen LogP contribution in [0.3, 0.4) is 0 Å². The van der Waals surface area contributed by atoms with Crippen LogP contribution in [-0.2, 0) is 0 Å². The van der Waals surface area contributed by atoms with Crippen molar-refractivity contribution in [2.75, 3.05) is 38.6 Å². The van der Waals surface area contributed by atoms with Gasteiger partial charge in [0, 0.05) is 31.4 Å². The molecule has 4 heteroatoms. The summed E-state index contributed by atoms with van der Waals surface area (Å²) in [5, 5.41) is 2.50. The highest BCUT2D eigenvalue weighted by molar-refractivity contribution is 5.86. The van der Waals surface area contributed by atoms with Gasteiger partial charge in [0.1, 0.15) is 0 Å². The predicted octanol–water partition coefficient (Wildman–Crippen LogP) is 3.68. The Morgan fingerprint density at radius 1 is 1.08 bits per heavy atom. The van der Waals surface area contributed by atoms with E-state index in [0.29, 0.717) is 5.92 Å². The smallest absolute Gasteiger partial charge is 0.225 e. The van der Waals surface area contributed by atoms with Gasteiger partial charge in [0.25, 0.3) is 0 Å². The van der Waals surface area contributed by atoms with Crippen LogP contribution in [0.25, 0.3) is 22.0 Å². The molecule has 1 fully saturated rings. The minimum atomic E-state index is 0.697. The van der Waals surface area contributed by atoms with Crippen molar-refractivity contribution in [3.8, 4) is 11.3 Å². The van der Waals surface area contributed by atoms with Crippen molar-refractivity contribution in [3.63, 3.8) is 0 Å². The summed E-state index contributed by atoms with van der Waals surface area (Å²) >= 11 is 0. The summed E-state index contributed by atoms with van der Waals surface area (Å²) < 4.78 is 0. The summed E-state index contributed by atoms with van der Waals surface area (Å²) in [5.41, 5.74) is 2.14. The van der Waals surface area contributed by atoms with E-state index in [1.54, 1.807) is 0 Å². The highest BCUT2D eigenvalue weighted by atomic mass is 15.3. The van der Waals surface area contributed by atoms with Crippen molar-refractivity contribution in [1.82, 2.24) is 14.9 Å². The van der Waals surface area contributed by atoms with Crippen LogP contribution in [-0.4, -0.2) is 48.6 Å². The first-order valence-corrected chi connectivity index (χ1v) is 8.91. The zero-order chi connectivity index (χ0) is 17.2. The number of fused-ring (bicyclic) bond motifs is 1. The van der Waals surface area contributed by atoms with Crippen molar-refractivity contribution in [1.29, 1.82) is 0 Å². The van der Waals surface area contributed by atoms with Crippen LogP contribution >= 0.6 is 0 Å². The molecular formula is C21H24N4. The Hall–Kier alpha value is -2.46. The van der Waals surface area contributed by atoms with Crippen LogP contribution in [0.1, 0.15) is 6.42 Å². The van der Waals surface area contributed by atoms with Gasteiger partial charge in [0.05, 0.1) is 5.69 Å². The molecule has 0 aliphatic carbocycles. The second-order valence-electron chi connectivity index (χ2n) is 7.17. The fraction of sp³-hybridized carbons (Fsp3) is 0.333. The maximum absolute atomic E-state index is 4.85. The molecular weight excluding hydrogens is 308 g/mol. The van der Waals surface area contributed by atoms with E-state index in [1.807, 2.05) is 12.3 Å². The molecule has 4 nitrogen and oxygen atoms in total. The van der Waals surface area contributed by atoms with E-state index in [1.165, 1.54) is 17.2 Å². The summed E-state index contributed by atoms with van der Waals surface area (Å²) in [4.78, 5) is 14.0. The molecule has 0 amide bonds. The van der Waals surface area contributed by atoms with Crippen LogP contribution in [0, 0.1) is 5.92 Å².